The number of sulfone groups is 1. The quantitative estimate of drug-likeness (QED) is 0.836. The van der Waals surface area contributed by atoms with E-state index in [-0.39, 0.29) is 18.0 Å². The topological polar surface area (TPSA) is 86.7 Å². The van der Waals surface area contributed by atoms with Crippen molar-refractivity contribution in [1.29, 1.82) is 0 Å². The summed E-state index contributed by atoms with van der Waals surface area (Å²) in [6, 6.07) is 6.27. The van der Waals surface area contributed by atoms with Gasteiger partial charge in [0.1, 0.15) is 0 Å². The summed E-state index contributed by atoms with van der Waals surface area (Å²) in [5, 5.41) is 10.9. The van der Waals surface area contributed by atoms with Gasteiger partial charge < -0.3 is 10.4 Å². The average Bonchev–Trinajstić information content (AvgIpc) is 2.38. The number of hydrogen-bond acceptors (Lipinski definition) is 4. The van der Waals surface area contributed by atoms with Crippen molar-refractivity contribution in [3.8, 4) is 0 Å². The fourth-order valence-corrected chi connectivity index (χ4v) is 4.27. The molecule has 0 aliphatic carbocycles. The average molecular weight is 349 g/mol. The molecule has 1 aromatic rings. The molecule has 6 nitrogen and oxygen atoms in total. The molecule has 1 unspecified atom stereocenters. The molecule has 0 spiro atoms. The number of rotatable bonds is 2. The molecule has 0 aromatic heterocycles. The summed E-state index contributed by atoms with van der Waals surface area (Å²) in [5.74, 6) is 0. The smallest absolute Gasteiger partial charge is 0.408 e. The van der Waals surface area contributed by atoms with Gasteiger partial charge in [0.05, 0.1) is 4.90 Å². The number of nitrogens with one attached hydrogen (secondary N) is 1. The van der Waals surface area contributed by atoms with Crippen molar-refractivity contribution in [3.05, 3.63) is 28.7 Å². The summed E-state index contributed by atoms with van der Waals surface area (Å²) in [6.45, 7) is 0.713. The van der Waals surface area contributed by atoms with Crippen molar-refractivity contribution < 1.29 is 18.3 Å². The largest absolute Gasteiger partial charge is 0.465 e. The van der Waals surface area contributed by atoms with Crippen LogP contribution in [0.3, 0.4) is 0 Å². The summed E-state index contributed by atoms with van der Waals surface area (Å²) in [5.41, 5.74) is 0. The van der Waals surface area contributed by atoms with Crippen molar-refractivity contribution >= 4 is 31.9 Å². The summed E-state index contributed by atoms with van der Waals surface area (Å²) >= 11 is 3.21. The van der Waals surface area contributed by atoms with Crippen LogP contribution in [0, 0.1) is 0 Å². The minimum atomic E-state index is -3.73. The van der Waals surface area contributed by atoms with Crippen LogP contribution >= 0.6 is 15.9 Å². The summed E-state index contributed by atoms with van der Waals surface area (Å²) in [6.07, 6.45) is -1.22. The first-order valence-corrected chi connectivity index (χ1v) is 7.96. The Labute approximate surface area is 119 Å². The van der Waals surface area contributed by atoms with Crippen LogP contribution in [0.5, 0.6) is 0 Å². The Bertz CT molecular complexity index is 590. The highest BCUT2D eigenvalue weighted by molar-refractivity contribution is 9.10. The molecule has 0 saturated carbocycles. The fraction of sp³-hybridized carbons (Fsp3) is 0.364. The van der Waals surface area contributed by atoms with Crippen molar-refractivity contribution in [1.82, 2.24) is 10.2 Å². The third-order valence-electron chi connectivity index (χ3n) is 2.92. The van der Waals surface area contributed by atoms with E-state index in [0.717, 1.165) is 4.90 Å². The Kier molecular flexibility index (Phi) is 4.12. The maximum atomic E-state index is 12.5. The summed E-state index contributed by atoms with van der Waals surface area (Å²) in [7, 11) is -3.73. The molecule has 19 heavy (non-hydrogen) atoms. The van der Waals surface area contributed by atoms with E-state index in [1.54, 1.807) is 12.1 Å². The number of piperazine rings is 1. The van der Waals surface area contributed by atoms with Gasteiger partial charge in [-0.3, -0.25) is 4.90 Å². The van der Waals surface area contributed by atoms with Crippen LogP contribution in [0.1, 0.15) is 0 Å². The highest BCUT2D eigenvalue weighted by Gasteiger charge is 2.37. The predicted octanol–water partition coefficient (Wildman–Crippen LogP) is 1.13. The van der Waals surface area contributed by atoms with Crippen molar-refractivity contribution in [2.45, 2.75) is 10.3 Å². The van der Waals surface area contributed by atoms with Gasteiger partial charge in [-0.1, -0.05) is 22.0 Å². The number of carboxylic acid groups (broad SMARTS) is 1. The van der Waals surface area contributed by atoms with E-state index in [9.17, 15) is 13.2 Å². The number of carbonyl (C=O) groups is 1. The van der Waals surface area contributed by atoms with E-state index in [2.05, 4.69) is 21.2 Å². The van der Waals surface area contributed by atoms with Crippen LogP contribution < -0.4 is 5.32 Å². The van der Waals surface area contributed by atoms with Gasteiger partial charge in [-0.2, -0.15) is 0 Å². The molecule has 1 saturated heterocycles. The molecular formula is C11H13BrN2O4S. The summed E-state index contributed by atoms with van der Waals surface area (Å²) < 4.78 is 25.6. The number of halogens is 1. The van der Waals surface area contributed by atoms with E-state index in [1.165, 1.54) is 12.1 Å². The fourth-order valence-electron chi connectivity index (χ4n) is 1.98. The summed E-state index contributed by atoms with van der Waals surface area (Å²) in [4.78, 5) is 12.2. The maximum Gasteiger partial charge on any atom is 0.408 e. The zero-order valence-corrected chi connectivity index (χ0v) is 12.3. The van der Waals surface area contributed by atoms with Crippen LogP contribution in [-0.2, 0) is 9.84 Å². The first-order chi connectivity index (χ1) is 8.93. The Morgan fingerprint density at radius 1 is 1.47 bits per heavy atom. The third kappa shape index (κ3) is 2.90. The van der Waals surface area contributed by atoms with Crippen molar-refractivity contribution in [2.75, 3.05) is 19.6 Å². The first kappa shape index (κ1) is 14.3. The second-order valence-corrected chi connectivity index (χ2v) is 7.16. The monoisotopic (exact) mass is 348 g/mol. The van der Waals surface area contributed by atoms with Gasteiger partial charge in [-0.15, -0.1) is 0 Å². The van der Waals surface area contributed by atoms with Gasteiger partial charge in [-0.25, -0.2) is 13.2 Å². The minimum Gasteiger partial charge on any atom is -0.465 e. The van der Waals surface area contributed by atoms with Gasteiger partial charge in [0, 0.05) is 24.1 Å². The third-order valence-corrected chi connectivity index (χ3v) is 5.47. The van der Waals surface area contributed by atoms with Gasteiger partial charge in [-0.05, 0) is 18.2 Å². The number of amides is 1. The van der Waals surface area contributed by atoms with Crippen molar-refractivity contribution in [3.63, 3.8) is 0 Å². The Balaban J connectivity index is 2.40. The molecule has 1 amide bonds. The zero-order valence-electron chi connectivity index (χ0n) is 9.91. The second kappa shape index (κ2) is 5.48. The Hall–Kier alpha value is -1.12. The normalized spacial score (nSPS) is 20.3. The number of hydrogen-bond donors (Lipinski definition) is 2. The van der Waals surface area contributed by atoms with E-state index in [0.29, 0.717) is 11.0 Å². The highest BCUT2D eigenvalue weighted by Crippen LogP contribution is 2.23. The maximum absolute atomic E-state index is 12.5. The Morgan fingerprint density at radius 2 is 2.21 bits per heavy atom. The van der Waals surface area contributed by atoms with Crippen LogP contribution in [0.4, 0.5) is 4.79 Å². The number of benzene rings is 1. The molecule has 0 bridgehead atoms. The van der Waals surface area contributed by atoms with Gasteiger partial charge in [0.25, 0.3) is 0 Å². The number of nitrogens with zero attached hydrogens (tertiary/aromatic N) is 1. The zero-order chi connectivity index (χ0) is 14.0. The molecule has 1 fully saturated rings. The lowest BCUT2D eigenvalue weighted by Crippen LogP contribution is -2.56. The predicted molar refractivity (Wildman–Crippen MR) is 72.7 cm³/mol. The molecule has 1 heterocycles. The standard InChI is InChI=1S/C11H13BrN2O4S/c12-8-2-1-3-9(6-8)19(17,18)10-7-13-4-5-14(10)11(15)16/h1-3,6,10,13H,4-5,7H2,(H,15,16). The van der Waals surface area contributed by atoms with Crippen LogP contribution in [0.15, 0.2) is 33.6 Å². The molecule has 1 aliphatic heterocycles. The lowest BCUT2D eigenvalue weighted by molar-refractivity contribution is 0.130. The van der Waals surface area contributed by atoms with Crippen molar-refractivity contribution in [2.24, 2.45) is 0 Å². The first-order valence-electron chi connectivity index (χ1n) is 5.62. The molecule has 0 radical (unpaired) electrons. The molecule has 1 aromatic carbocycles. The van der Waals surface area contributed by atoms with Gasteiger partial charge in [0.15, 0.2) is 5.37 Å². The molecule has 2 rings (SSSR count). The Morgan fingerprint density at radius 3 is 2.84 bits per heavy atom. The molecule has 104 valence electrons. The molecular weight excluding hydrogens is 336 g/mol. The second-order valence-electron chi connectivity index (χ2n) is 4.14. The van der Waals surface area contributed by atoms with E-state index < -0.39 is 21.3 Å². The SMILES string of the molecule is O=C(O)N1CCNCC1S(=O)(=O)c1cccc(Br)c1. The molecule has 1 aliphatic rings. The molecule has 2 N–H and O–H groups in total. The highest BCUT2D eigenvalue weighted by atomic mass is 79.9. The lowest BCUT2D eigenvalue weighted by atomic mass is 10.4. The van der Waals surface area contributed by atoms with Crippen LogP contribution in [0.25, 0.3) is 0 Å². The van der Waals surface area contributed by atoms with Gasteiger partial charge in [0.2, 0.25) is 9.84 Å². The van der Waals surface area contributed by atoms with E-state index in [1.807, 2.05) is 0 Å². The molecule has 1 atom stereocenters. The van der Waals surface area contributed by atoms with E-state index >= 15 is 0 Å². The molecule has 8 heteroatoms. The minimum absolute atomic E-state index is 0.0984. The van der Waals surface area contributed by atoms with E-state index in [4.69, 9.17) is 5.11 Å². The van der Waals surface area contributed by atoms with Gasteiger partial charge >= 0.3 is 6.09 Å². The lowest BCUT2D eigenvalue weighted by Gasteiger charge is -2.33. The van der Waals surface area contributed by atoms with Crippen LogP contribution in [0.2, 0.25) is 0 Å². The van der Waals surface area contributed by atoms with Crippen LogP contribution in [-0.4, -0.2) is 49.5 Å².